The zero-order chi connectivity index (χ0) is 21.8. The zero-order valence-corrected chi connectivity index (χ0v) is 18.0. The molecule has 12 heteroatoms. The van der Waals surface area contributed by atoms with Crippen molar-refractivity contribution in [2.75, 3.05) is 26.5 Å². The maximum Gasteiger partial charge on any atom is 0.309 e. The third kappa shape index (κ3) is 4.82. The minimum atomic E-state index is -3.73. The van der Waals surface area contributed by atoms with Crippen LogP contribution in [0.2, 0.25) is 0 Å². The number of nitrogens with zero attached hydrogens (tertiary/aromatic N) is 1. The molecule has 0 saturated carbocycles. The second-order valence-electron chi connectivity index (χ2n) is 6.81. The number of ether oxygens (including phenoxy) is 3. The largest absolute Gasteiger partial charge is 0.454 e. The average Bonchev–Trinajstić information content (AvgIpc) is 3.48. The monoisotopic (exact) mass is 467 g/mol. The Labute approximate surface area is 183 Å². The van der Waals surface area contributed by atoms with Crippen molar-refractivity contribution in [1.82, 2.24) is 14.9 Å². The van der Waals surface area contributed by atoms with Crippen molar-refractivity contribution in [1.29, 1.82) is 0 Å². The summed E-state index contributed by atoms with van der Waals surface area (Å²) in [7, 11) is -3.73. The van der Waals surface area contributed by atoms with Crippen LogP contribution >= 0.6 is 11.3 Å². The Bertz CT molecular complexity index is 1060. The summed E-state index contributed by atoms with van der Waals surface area (Å²) in [6.45, 7) is 0.781. The van der Waals surface area contributed by atoms with E-state index in [2.05, 4.69) is 10.6 Å². The van der Waals surface area contributed by atoms with Crippen molar-refractivity contribution >= 4 is 33.2 Å². The highest BCUT2D eigenvalue weighted by Gasteiger charge is 2.35. The zero-order valence-electron chi connectivity index (χ0n) is 16.4. The summed E-state index contributed by atoms with van der Waals surface area (Å²) >= 11 is 1.11. The van der Waals surface area contributed by atoms with Gasteiger partial charge in [0.15, 0.2) is 11.5 Å². The Balaban J connectivity index is 1.31. The first kappa shape index (κ1) is 21.6. The van der Waals surface area contributed by atoms with Crippen LogP contribution in [0, 0.1) is 0 Å². The van der Waals surface area contributed by atoms with Crippen LogP contribution < -0.4 is 20.1 Å². The Morgan fingerprint density at radius 2 is 1.94 bits per heavy atom. The maximum absolute atomic E-state index is 12.8. The molecule has 2 aliphatic heterocycles. The van der Waals surface area contributed by atoms with Gasteiger partial charge in [0.1, 0.15) is 10.4 Å². The summed E-state index contributed by atoms with van der Waals surface area (Å²) in [6.07, 6.45) is -0.336. The molecule has 0 bridgehead atoms. The van der Waals surface area contributed by atoms with Crippen LogP contribution in [-0.2, 0) is 30.9 Å². The van der Waals surface area contributed by atoms with E-state index in [1.807, 2.05) is 0 Å². The molecule has 0 spiro atoms. The topological polar surface area (TPSA) is 123 Å². The van der Waals surface area contributed by atoms with Gasteiger partial charge in [-0.3, -0.25) is 9.59 Å². The molecule has 0 unspecified atom stereocenters. The molecule has 1 saturated heterocycles. The predicted molar refractivity (Wildman–Crippen MR) is 110 cm³/mol. The Morgan fingerprint density at radius 1 is 1.13 bits per heavy atom. The van der Waals surface area contributed by atoms with E-state index < -0.39 is 28.1 Å². The number of carbonyl (C=O) groups is 2. The molecule has 2 aromatic rings. The quantitative estimate of drug-likeness (QED) is 0.598. The number of fused-ring (bicyclic) bond motifs is 1. The maximum atomic E-state index is 12.8. The lowest BCUT2D eigenvalue weighted by Gasteiger charge is -2.34. The van der Waals surface area contributed by atoms with E-state index in [0.29, 0.717) is 24.5 Å². The van der Waals surface area contributed by atoms with Gasteiger partial charge in [0.05, 0.1) is 13.2 Å². The van der Waals surface area contributed by atoms with Gasteiger partial charge in [-0.15, -0.1) is 11.3 Å². The number of rotatable bonds is 6. The van der Waals surface area contributed by atoms with Crippen molar-refractivity contribution in [2.45, 2.75) is 23.4 Å². The number of nitrogens with one attached hydrogen (secondary N) is 2. The molecule has 2 amide bonds. The highest BCUT2D eigenvalue weighted by molar-refractivity contribution is 7.91. The van der Waals surface area contributed by atoms with Crippen LogP contribution in [0.3, 0.4) is 0 Å². The molecule has 0 aliphatic carbocycles. The Hall–Kier alpha value is -2.67. The lowest BCUT2D eigenvalue weighted by Crippen LogP contribution is -2.52. The van der Waals surface area contributed by atoms with Crippen molar-refractivity contribution in [3.63, 3.8) is 0 Å². The highest BCUT2D eigenvalue weighted by Crippen LogP contribution is 2.32. The van der Waals surface area contributed by atoms with Gasteiger partial charge in [-0.1, -0.05) is 12.1 Å². The van der Waals surface area contributed by atoms with E-state index in [1.54, 1.807) is 29.6 Å². The fourth-order valence-corrected chi connectivity index (χ4v) is 5.89. The third-order valence-electron chi connectivity index (χ3n) is 4.75. The normalized spacial score (nSPS) is 18.5. The number of benzene rings is 1. The molecule has 2 N–H and O–H groups in total. The van der Waals surface area contributed by atoms with Crippen LogP contribution in [0.1, 0.15) is 12.0 Å². The second-order valence-corrected chi connectivity index (χ2v) is 9.87. The van der Waals surface area contributed by atoms with Gasteiger partial charge in [0, 0.05) is 13.1 Å². The minimum absolute atomic E-state index is 0.127. The summed E-state index contributed by atoms with van der Waals surface area (Å²) in [5.74, 6) is -0.496. The average molecular weight is 468 g/mol. The molecular formula is C19H21N3O7S2. The second kappa shape index (κ2) is 9.22. The van der Waals surface area contributed by atoms with E-state index in [0.717, 1.165) is 16.9 Å². The van der Waals surface area contributed by atoms with E-state index in [4.69, 9.17) is 14.2 Å². The van der Waals surface area contributed by atoms with Crippen molar-refractivity contribution < 1.29 is 32.2 Å². The fourth-order valence-electron chi connectivity index (χ4n) is 3.20. The molecule has 0 radical (unpaired) electrons. The standard InChI is InChI=1S/C19H21N3O7S2/c23-18(20-10-13-4-5-14-15(9-13)29-12-28-14)19(24)21-11-16-22(6-2-7-27-16)31(25,26)17-3-1-8-30-17/h1,3-5,8-9,16H,2,6-7,10-12H2,(H,20,23)(H,21,24)/t16-/m1/s1. The van der Waals surface area contributed by atoms with Gasteiger partial charge in [-0.2, -0.15) is 4.31 Å². The molecule has 1 atom stereocenters. The first-order valence-electron chi connectivity index (χ1n) is 9.56. The SMILES string of the molecule is O=C(NCc1ccc2c(c1)OCO2)C(=O)NC[C@H]1OCCCN1S(=O)(=O)c1cccs1. The summed E-state index contributed by atoms with van der Waals surface area (Å²) in [4.78, 5) is 24.3. The molecule has 4 rings (SSSR count). The number of thiophene rings is 1. The number of sulfonamides is 1. The number of hydrogen-bond acceptors (Lipinski definition) is 8. The molecule has 166 valence electrons. The van der Waals surface area contributed by atoms with Crippen molar-refractivity contribution in [3.05, 3.63) is 41.3 Å². The summed E-state index contributed by atoms with van der Waals surface area (Å²) in [5.41, 5.74) is 0.745. The van der Waals surface area contributed by atoms with Gasteiger partial charge in [-0.25, -0.2) is 8.42 Å². The molecule has 1 aromatic heterocycles. The molecule has 10 nitrogen and oxygen atoms in total. The smallest absolute Gasteiger partial charge is 0.309 e. The van der Waals surface area contributed by atoms with E-state index in [9.17, 15) is 18.0 Å². The highest BCUT2D eigenvalue weighted by atomic mass is 32.2. The number of amides is 2. The van der Waals surface area contributed by atoms with E-state index >= 15 is 0 Å². The van der Waals surface area contributed by atoms with Crippen LogP contribution in [0.25, 0.3) is 0 Å². The van der Waals surface area contributed by atoms with Crippen molar-refractivity contribution in [2.24, 2.45) is 0 Å². The van der Waals surface area contributed by atoms with E-state index in [1.165, 1.54) is 10.4 Å². The summed E-state index contributed by atoms with van der Waals surface area (Å²) in [5, 5.41) is 6.66. The lowest BCUT2D eigenvalue weighted by atomic mass is 10.2. The first-order valence-corrected chi connectivity index (χ1v) is 11.9. The van der Waals surface area contributed by atoms with Gasteiger partial charge in [-0.05, 0) is 35.6 Å². The molecule has 3 heterocycles. The fraction of sp³-hybridized carbons (Fsp3) is 0.368. The van der Waals surface area contributed by atoms with Crippen molar-refractivity contribution in [3.8, 4) is 11.5 Å². The van der Waals surface area contributed by atoms with Gasteiger partial charge < -0.3 is 24.8 Å². The van der Waals surface area contributed by atoms with Crippen LogP contribution in [0.4, 0.5) is 0 Å². The minimum Gasteiger partial charge on any atom is -0.454 e. The first-order chi connectivity index (χ1) is 14.9. The number of hydrogen-bond donors (Lipinski definition) is 2. The van der Waals surface area contributed by atoms with Gasteiger partial charge in [0.25, 0.3) is 10.0 Å². The number of carbonyl (C=O) groups excluding carboxylic acids is 2. The van der Waals surface area contributed by atoms with Gasteiger partial charge in [0.2, 0.25) is 6.79 Å². The molecule has 1 aromatic carbocycles. The predicted octanol–water partition coefficient (Wildman–Crippen LogP) is 0.646. The lowest BCUT2D eigenvalue weighted by molar-refractivity contribution is -0.140. The molecule has 1 fully saturated rings. The molecule has 31 heavy (non-hydrogen) atoms. The summed E-state index contributed by atoms with van der Waals surface area (Å²) in [6, 6.07) is 8.39. The molecular weight excluding hydrogens is 446 g/mol. The van der Waals surface area contributed by atoms with E-state index in [-0.39, 0.29) is 30.6 Å². The van der Waals surface area contributed by atoms with Crippen LogP contribution in [0.5, 0.6) is 11.5 Å². The van der Waals surface area contributed by atoms with Gasteiger partial charge >= 0.3 is 11.8 Å². The molecule has 2 aliphatic rings. The van der Waals surface area contributed by atoms with Crippen LogP contribution in [-0.4, -0.2) is 57.3 Å². The summed E-state index contributed by atoms with van der Waals surface area (Å²) < 4.78 is 43.1. The third-order valence-corrected chi connectivity index (χ3v) is 8.01. The Kier molecular flexibility index (Phi) is 6.41. The Morgan fingerprint density at radius 3 is 2.74 bits per heavy atom. The van der Waals surface area contributed by atoms with Crippen LogP contribution in [0.15, 0.2) is 39.9 Å².